The van der Waals surface area contributed by atoms with Crippen LogP contribution in [-0.4, -0.2) is 30.6 Å². The van der Waals surface area contributed by atoms with E-state index in [4.69, 9.17) is 34.8 Å². The molecule has 1 atom stereocenters. The SMILES string of the molecule is CC/C([ClH+])=C(/c1cc(C(=O)N[C@H](CN)Cc2cccc(F)c2)sc1Cl)N(C)N. The van der Waals surface area contributed by atoms with Crippen molar-refractivity contribution in [2.75, 3.05) is 13.6 Å². The maximum Gasteiger partial charge on any atom is 0.261 e. The minimum atomic E-state index is -0.337. The maximum absolute atomic E-state index is 13.4. The molecule has 0 fully saturated rings. The number of allylic oxidation sites excluding steroid dienone is 1. The molecule has 2 rings (SSSR count). The molecule has 0 aliphatic heterocycles. The summed E-state index contributed by atoms with van der Waals surface area (Å²) in [7, 11) is 1.68. The molecular weight excluding hydrogens is 422 g/mol. The van der Waals surface area contributed by atoms with Gasteiger partial charge in [0.05, 0.1) is 4.88 Å². The van der Waals surface area contributed by atoms with Gasteiger partial charge in [0.15, 0.2) is 0 Å². The van der Waals surface area contributed by atoms with Crippen LogP contribution in [-0.2, 0) is 6.42 Å². The number of hydrazine groups is 1. The van der Waals surface area contributed by atoms with E-state index in [9.17, 15) is 9.18 Å². The number of hydrogen-bond donors (Lipinski definition) is 3. The number of rotatable bonds is 8. The first-order valence-corrected chi connectivity index (χ1v) is 10.3. The van der Waals surface area contributed by atoms with E-state index in [2.05, 4.69) is 5.32 Å². The average molecular weight is 446 g/mol. The first-order valence-electron chi connectivity index (χ1n) is 8.70. The van der Waals surface area contributed by atoms with Crippen molar-refractivity contribution in [3.63, 3.8) is 0 Å². The number of nitrogens with two attached hydrogens (primary N) is 2. The summed E-state index contributed by atoms with van der Waals surface area (Å²) in [5.74, 6) is 5.28. The van der Waals surface area contributed by atoms with Crippen LogP contribution in [0.4, 0.5) is 4.39 Å². The molecule has 2 aromatic rings. The summed E-state index contributed by atoms with van der Waals surface area (Å²) in [6, 6.07) is 7.57. The largest absolute Gasteiger partial charge is 0.347 e. The van der Waals surface area contributed by atoms with Crippen LogP contribution in [0.2, 0.25) is 4.34 Å². The van der Waals surface area contributed by atoms with Gasteiger partial charge in [0.25, 0.3) is 5.91 Å². The van der Waals surface area contributed by atoms with Crippen LogP contribution in [0.5, 0.6) is 0 Å². The van der Waals surface area contributed by atoms with Gasteiger partial charge in [-0.3, -0.25) is 4.79 Å². The van der Waals surface area contributed by atoms with E-state index >= 15 is 0 Å². The fraction of sp³-hybridized carbons (Fsp3) is 0.316. The highest BCUT2D eigenvalue weighted by Gasteiger charge is 2.23. The number of carbonyl (C=O) groups is 1. The quantitative estimate of drug-likeness (QED) is 0.430. The van der Waals surface area contributed by atoms with Gasteiger partial charge in [0, 0.05) is 31.6 Å². The molecule has 0 aliphatic carbocycles. The molecule has 0 saturated carbocycles. The molecule has 152 valence electrons. The predicted molar refractivity (Wildman–Crippen MR) is 110 cm³/mol. The second kappa shape index (κ2) is 10.2. The number of nitrogens with zero attached hydrogens (tertiary/aromatic N) is 1. The third kappa shape index (κ3) is 5.68. The lowest BCUT2D eigenvalue weighted by Crippen LogP contribution is -2.41. The Morgan fingerprint density at radius 1 is 1.43 bits per heavy atom. The molecule has 0 saturated heterocycles. The van der Waals surface area contributed by atoms with Gasteiger partial charge in [-0.25, -0.2) is 10.2 Å². The molecule has 1 amide bonds. The zero-order valence-electron chi connectivity index (χ0n) is 15.7. The number of amides is 1. The van der Waals surface area contributed by atoms with Crippen molar-refractivity contribution in [3.8, 4) is 0 Å². The van der Waals surface area contributed by atoms with Gasteiger partial charge in [-0.2, -0.15) is 0 Å². The monoisotopic (exact) mass is 445 g/mol. The molecule has 0 aliphatic rings. The number of carbonyl (C=O) groups excluding carboxylic acids is 1. The van der Waals surface area contributed by atoms with Gasteiger partial charge in [-0.15, -0.1) is 11.3 Å². The van der Waals surface area contributed by atoms with Crippen molar-refractivity contribution < 1.29 is 20.8 Å². The smallest absolute Gasteiger partial charge is 0.261 e. The summed E-state index contributed by atoms with van der Waals surface area (Å²) in [5.41, 5.74) is 7.80. The van der Waals surface area contributed by atoms with Crippen LogP contribution in [0.25, 0.3) is 5.70 Å². The van der Waals surface area contributed by atoms with Crippen LogP contribution >= 0.6 is 22.9 Å². The Labute approximate surface area is 178 Å². The third-order valence-corrected chi connectivity index (χ3v) is 5.93. The molecule has 0 unspecified atom stereocenters. The molecule has 0 spiro atoms. The molecule has 9 heteroatoms. The number of nitrogens with one attached hydrogen (secondary N) is 1. The summed E-state index contributed by atoms with van der Waals surface area (Å²) in [4.78, 5) is 13.1. The fourth-order valence-electron chi connectivity index (χ4n) is 2.74. The number of hydrogen-bond acceptors (Lipinski definition) is 5. The topological polar surface area (TPSA) is 84.4 Å². The van der Waals surface area contributed by atoms with E-state index in [1.54, 1.807) is 25.2 Å². The molecule has 1 aromatic heterocycles. The second-order valence-electron chi connectivity index (χ2n) is 6.27. The summed E-state index contributed by atoms with van der Waals surface area (Å²) >= 11 is 12.9. The van der Waals surface area contributed by atoms with Crippen LogP contribution in [0.15, 0.2) is 35.4 Å². The predicted octanol–water partition coefficient (Wildman–Crippen LogP) is 3.01. The van der Waals surface area contributed by atoms with Crippen molar-refractivity contribution in [2.45, 2.75) is 25.8 Å². The minimum absolute atomic E-state index is 0.219. The Hall–Kier alpha value is -1.64. The fourth-order valence-corrected chi connectivity index (χ4v) is 4.18. The second-order valence-corrected chi connectivity index (χ2v) is 8.42. The van der Waals surface area contributed by atoms with Crippen LogP contribution < -0.4 is 16.9 Å². The standard InChI is InChI=1S/C19H23Cl2FN4OS/c1-3-15(20)17(26(2)24)14-9-16(28-18(14)21)19(27)25-13(10-23)8-11-5-4-6-12(22)7-11/h4-7,9,13,20H,3,8,10,23-24H2,1-2H3/p+1/b17-15+/t13-/m0/s1. The Balaban J connectivity index is 2.20. The first kappa shape index (κ1) is 22.6. The number of thiophene rings is 1. The van der Waals surface area contributed by atoms with E-state index in [0.29, 0.717) is 38.3 Å². The van der Waals surface area contributed by atoms with E-state index < -0.39 is 0 Å². The summed E-state index contributed by atoms with van der Waals surface area (Å²) in [6.07, 6.45) is 1.05. The molecule has 1 aromatic carbocycles. The normalized spacial score (nSPS) is 13.1. The van der Waals surface area contributed by atoms with E-state index in [-0.39, 0.29) is 24.3 Å². The van der Waals surface area contributed by atoms with Gasteiger partial charge in [-0.05, 0) is 30.2 Å². The highest BCUT2D eigenvalue weighted by atomic mass is 35.5. The van der Waals surface area contributed by atoms with Crippen LogP contribution in [0.3, 0.4) is 0 Å². The van der Waals surface area contributed by atoms with Crippen LogP contribution in [0.1, 0.15) is 34.1 Å². The van der Waals surface area contributed by atoms with E-state index in [0.717, 1.165) is 16.9 Å². The van der Waals surface area contributed by atoms with Gasteiger partial charge in [-0.1, -0.05) is 30.7 Å². The van der Waals surface area contributed by atoms with E-state index in [1.165, 1.54) is 17.1 Å². The Bertz CT molecular complexity index is 869. The van der Waals surface area contributed by atoms with Gasteiger partial charge >= 0.3 is 0 Å². The van der Waals surface area contributed by atoms with Crippen LogP contribution in [0, 0.1) is 17.4 Å². The molecule has 5 nitrogen and oxygen atoms in total. The minimum Gasteiger partial charge on any atom is -0.347 e. The van der Waals surface area contributed by atoms with Crippen molar-refractivity contribution in [2.24, 2.45) is 11.6 Å². The van der Waals surface area contributed by atoms with Gasteiger partial charge in [0.1, 0.15) is 27.5 Å². The molecule has 0 bridgehead atoms. The number of halogens is 3. The zero-order chi connectivity index (χ0) is 20.8. The Kier molecular flexibility index (Phi) is 8.27. The summed E-state index contributed by atoms with van der Waals surface area (Å²) < 4.78 is 13.8. The zero-order valence-corrected chi connectivity index (χ0v) is 18.1. The molecule has 28 heavy (non-hydrogen) atoms. The lowest BCUT2D eigenvalue weighted by atomic mass is 10.1. The molecule has 1 heterocycles. The highest BCUT2D eigenvalue weighted by Crippen LogP contribution is 2.35. The van der Waals surface area contributed by atoms with Crippen molar-refractivity contribution >= 4 is 34.5 Å². The van der Waals surface area contributed by atoms with Crippen molar-refractivity contribution in [1.82, 2.24) is 10.3 Å². The summed E-state index contributed by atoms with van der Waals surface area (Å²) in [6.45, 7) is 2.15. The average Bonchev–Trinajstić information content (AvgIpc) is 3.02. The Morgan fingerprint density at radius 2 is 2.14 bits per heavy atom. The lowest BCUT2D eigenvalue weighted by Gasteiger charge is -2.16. The lowest BCUT2D eigenvalue weighted by molar-refractivity contribution is -0.305. The van der Waals surface area contributed by atoms with Gasteiger partial charge < -0.3 is 16.1 Å². The molecule has 5 N–H and O–H groups in total. The maximum atomic E-state index is 13.4. The Morgan fingerprint density at radius 3 is 2.71 bits per heavy atom. The first-order chi connectivity index (χ1) is 13.3. The van der Waals surface area contributed by atoms with Gasteiger partial charge in [0.2, 0.25) is 5.03 Å². The van der Waals surface area contributed by atoms with E-state index in [1.807, 2.05) is 6.92 Å². The van der Waals surface area contributed by atoms with Crippen molar-refractivity contribution in [3.05, 3.63) is 61.5 Å². The number of benzene rings is 1. The third-order valence-electron chi connectivity index (χ3n) is 4.09. The molecular formula is C19H24Cl2FN4OS+. The summed E-state index contributed by atoms with van der Waals surface area (Å²) in [5, 5.41) is 4.95. The molecule has 0 radical (unpaired) electrons. The van der Waals surface area contributed by atoms with Crippen molar-refractivity contribution in [1.29, 1.82) is 0 Å². The highest BCUT2D eigenvalue weighted by molar-refractivity contribution is 7.18.